The van der Waals surface area contributed by atoms with E-state index < -0.39 is 36.9 Å². The number of amides is 3. The maximum atomic E-state index is 14.0. The molecule has 3 amide bonds. The minimum atomic E-state index is -0.884. The third kappa shape index (κ3) is 4.77. The van der Waals surface area contributed by atoms with Crippen LogP contribution in [0.15, 0.2) is 30.5 Å². The van der Waals surface area contributed by atoms with Crippen LogP contribution < -0.4 is 20.7 Å². The molecule has 3 aromatic rings. The molecule has 174 valence electrons. The number of carbonyl (C=O) groups is 2. The maximum Gasteiger partial charge on any atom is 0.321 e. The molecule has 0 spiro atoms. The molecule has 0 aliphatic carbocycles. The average Bonchev–Trinajstić information content (AvgIpc) is 3.41. The number of carbonyl (C=O) groups excluding carboxylic acids is 2. The summed E-state index contributed by atoms with van der Waals surface area (Å²) in [5, 5.41) is 7.94. The largest absolute Gasteiger partial charge is 0.485 e. The summed E-state index contributed by atoms with van der Waals surface area (Å²) < 4.78 is 48.3. The fraction of sp³-hybridized carbons (Fsp3) is 0.318. The smallest absolute Gasteiger partial charge is 0.321 e. The van der Waals surface area contributed by atoms with Gasteiger partial charge >= 0.3 is 6.03 Å². The Morgan fingerprint density at radius 1 is 1.30 bits per heavy atom. The van der Waals surface area contributed by atoms with Crippen LogP contribution in [0.25, 0.3) is 5.65 Å². The van der Waals surface area contributed by atoms with Crippen molar-refractivity contribution in [3.63, 3.8) is 0 Å². The lowest BCUT2D eigenvalue weighted by atomic mass is 10.2. The molecule has 8 nitrogen and oxygen atoms in total. The number of halogens is 3. The van der Waals surface area contributed by atoms with Crippen LogP contribution in [-0.4, -0.2) is 40.0 Å². The summed E-state index contributed by atoms with van der Waals surface area (Å²) in [6, 6.07) is 4.09. The molecule has 3 heterocycles. The molecule has 1 atom stereocenters. The van der Waals surface area contributed by atoms with Crippen LogP contribution in [-0.2, 0) is 13.3 Å². The minimum Gasteiger partial charge on any atom is -0.485 e. The van der Waals surface area contributed by atoms with Crippen LogP contribution in [0.1, 0.15) is 34.2 Å². The Kier molecular flexibility index (Phi) is 5.98. The standard InChI is InChI=1S/C22H22F3N5O3/c1-12-18(20(31)29-21(32)26-10-22(2)11-27-22)30-8-13(7-23)6-17(19(30)28-12)33-9-14-15(24)4-3-5-16(14)25/h3-6,8,27H,7,9-11H2,1-2H3,(H2,26,29,31,32). The number of pyridine rings is 1. The molecule has 33 heavy (non-hydrogen) atoms. The van der Waals surface area contributed by atoms with Crippen molar-refractivity contribution in [3.05, 3.63) is 64.6 Å². The van der Waals surface area contributed by atoms with E-state index in [1.54, 1.807) is 6.92 Å². The van der Waals surface area contributed by atoms with E-state index in [9.17, 15) is 22.8 Å². The lowest BCUT2D eigenvalue weighted by molar-refractivity contribution is 0.0957. The van der Waals surface area contributed by atoms with Gasteiger partial charge < -0.3 is 15.4 Å². The Hall–Kier alpha value is -3.60. The normalized spacial score (nSPS) is 17.1. The topological polar surface area (TPSA) is 107 Å². The van der Waals surface area contributed by atoms with Crippen LogP contribution >= 0.6 is 0 Å². The Morgan fingerprint density at radius 2 is 2.00 bits per heavy atom. The van der Waals surface area contributed by atoms with Crippen LogP contribution in [0.5, 0.6) is 5.75 Å². The maximum absolute atomic E-state index is 14.0. The highest BCUT2D eigenvalue weighted by molar-refractivity contribution is 6.04. The van der Waals surface area contributed by atoms with E-state index in [2.05, 4.69) is 20.9 Å². The summed E-state index contributed by atoms with van der Waals surface area (Å²) in [7, 11) is 0. The molecule has 1 aliphatic rings. The highest BCUT2D eigenvalue weighted by Gasteiger charge is 2.36. The van der Waals surface area contributed by atoms with Crippen molar-refractivity contribution in [2.75, 3.05) is 13.1 Å². The summed E-state index contributed by atoms with van der Waals surface area (Å²) in [6.07, 6.45) is 1.36. The zero-order valence-corrected chi connectivity index (χ0v) is 18.0. The van der Waals surface area contributed by atoms with Crippen LogP contribution in [0.2, 0.25) is 0 Å². The SMILES string of the molecule is Cc1nc2c(OCc3c(F)cccc3F)cc(CF)cn2c1C(=O)NC(=O)NCC1(C)CN1. The van der Waals surface area contributed by atoms with E-state index in [0.717, 1.165) is 18.7 Å². The molecule has 0 saturated carbocycles. The fourth-order valence-corrected chi connectivity index (χ4v) is 3.31. The highest BCUT2D eigenvalue weighted by atomic mass is 19.1. The lowest BCUT2D eigenvalue weighted by Crippen LogP contribution is -2.44. The molecular formula is C22H22F3N5O3. The van der Waals surface area contributed by atoms with Gasteiger partial charge in [-0.05, 0) is 32.0 Å². The number of urea groups is 1. The molecule has 1 aromatic carbocycles. The number of imidazole rings is 1. The number of nitrogens with zero attached hydrogens (tertiary/aromatic N) is 2. The van der Waals surface area contributed by atoms with Gasteiger partial charge in [-0.3, -0.25) is 14.5 Å². The summed E-state index contributed by atoms with van der Waals surface area (Å²) in [4.78, 5) is 29.2. The molecule has 11 heteroatoms. The molecule has 2 aromatic heterocycles. The van der Waals surface area contributed by atoms with Crippen LogP contribution in [0, 0.1) is 18.6 Å². The predicted molar refractivity (Wildman–Crippen MR) is 113 cm³/mol. The number of hydrogen-bond acceptors (Lipinski definition) is 5. The van der Waals surface area contributed by atoms with Crippen molar-refractivity contribution >= 4 is 17.6 Å². The molecule has 1 aliphatic heterocycles. The van der Waals surface area contributed by atoms with E-state index >= 15 is 0 Å². The summed E-state index contributed by atoms with van der Waals surface area (Å²) >= 11 is 0. The van der Waals surface area contributed by atoms with Crippen molar-refractivity contribution in [1.29, 1.82) is 0 Å². The van der Waals surface area contributed by atoms with Crippen molar-refractivity contribution in [3.8, 4) is 5.75 Å². The van der Waals surface area contributed by atoms with Crippen molar-refractivity contribution in [2.24, 2.45) is 0 Å². The zero-order chi connectivity index (χ0) is 23.8. The van der Waals surface area contributed by atoms with Gasteiger partial charge in [0.15, 0.2) is 11.4 Å². The average molecular weight is 461 g/mol. The highest BCUT2D eigenvalue weighted by Crippen LogP contribution is 2.26. The number of alkyl halides is 1. The first kappa shape index (κ1) is 22.6. The summed E-state index contributed by atoms with van der Waals surface area (Å²) in [6.45, 7) is 3.23. The monoisotopic (exact) mass is 461 g/mol. The second-order valence-corrected chi connectivity index (χ2v) is 8.13. The van der Waals surface area contributed by atoms with E-state index in [4.69, 9.17) is 4.74 Å². The van der Waals surface area contributed by atoms with E-state index in [0.29, 0.717) is 6.54 Å². The quantitative estimate of drug-likeness (QED) is 0.469. The van der Waals surface area contributed by atoms with Crippen LogP contribution in [0.3, 0.4) is 0 Å². The first-order valence-electron chi connectivity index (χ1n) is 10.2. The molecule has 1 fully saturated rings. The second-order valence-electron chi connectivity index (χ2n) is 8.13. The third-order valence-corrected chi connectivity index (χ3v) is 5.37. The number of hydrogen-bond donors (Lipinski definition) is 3. The van der Waals surface area contributed by atoms with Gasteiger partial charge in [0.25, 0.3) is 5.91 Å². The third-order valence-electron chi connectivity index (χ3n) is 5.37. The van der Waals surface area contributed by atoms with Gasteiger partial charge in [0.1, 0.15) is 30.6 Å². The number of nitrogens with one attached hydrogen (secondary N) is 3. The van der Waals surface area contributed by atoms with E-state index in [1.165, 1.54) is 22.7 Å². The zero-order valence-electron chi connectivity index (χ0n) is 18.0. The Balaban J connectivity index is 1.60. The molecule has 0 radical (unpaired) electrons. The summed E-state index contributed by atoms with van der Waals surface area (Å²) in [5.41, 5.74) is 0.0802. The number of rotatable bonds is 7. The number of aryl methyl sites for hydroxylation is 1. The van der Waals surface area contributed by atoms with Crippen molar-refractivity contribution < 1.29 is 27.5 Å². The van der Waals surface area contributed by atoms with Crippen molar-refractivity contribution in [1.82, 2.24) is 25.3 Å². The van der Waals surface area contributed by atoms with Gasteiger partial charge in [0, 0.05) is 30.4 Å². The Bertz CT molecular complexity index is 1220. The number of fused-ring (bicyclic) bond motifs is 1. The minimum absolute atomic E-state index is 0.00753. The first-order chi connectivity index (χ1) is 15.7. The van der Waals surface area contributed by atoms with Crippen LogP contribution in [0.4, 0.5) is 18.0 Å². The molecule has 1 unspecified atom stereocenters. The number of ether oxygens (including phenoxy) is 1. The summed E-state index contributed by atoms with van der Waals surface area (Å²) in [5.74, 6) is -2.28. The molecule has 1 saturated heterocycles. The molecular weight excluding hydrogens is 439 g/mol. The number of benzene rings is 1. The van der Waals surface area contributed by atoms with Gasteiger partial charge in [-0.15, -0.1) is 0 Å². The predicted octanol–water partition coefficient (Wildman–Crippen LogP) is 2.77. The van der Waals surface area contributed by atoms with Gasteiger partial charge in [-0.25, -0.2) is 22.9 Å². The molecule has 3 N–H and O–H groups in total. The Morgan fingerprint density at radius 3 is 2.64 bits per heavy atom. The van der Waals surface area contributed by atoms with Crippen molar-refractivity contribution in [2.45, 2.75) is 32.7 Å². The van der Waals surface area contributed by atoms with Gasteiger partial charge in [0.2, 0.25) is 0 Å². The van der Waals surface area contributed by atoms with Gasteiger partial charge in [0.05, 0.1) is 11.3 Å². The lowest BCUT2D eigenvalue weighted by Gasteiger charge is -2.12. The molecule has 4 rings (SSSR count). The van der Waals surface area contributed by atoms with Gasteiger partial charge in [-0.2, -0.15) is 0 Å². The van der Waals surface area contributed by atoms with E-state index in [-0.39, 0.29) is 39.5 Å². The number of aromatic nitrogens is 2. The second kappa shape index (κ2) is 8.74. The van der Waals surface area contributed by atoms with E-state index in [1.807, 2.05) is 6.92 Å². The van der Waals surface area contributed by atoms with Gasteiger partial charge in [-0.1, -0.05) is 6.07 Å². The Labute approximate surface area is 187 Å². The fourth-order valence-electron chi connectivity index (χ4n) is 3.31. The number of imide groups is 1. The first-order valence-corrected chi connectivity index (χ1v) is 10.2. The molecule has 0 bridgehead atoms.